The van der Waals surface area contributed by atoms with Gasteiger partial charge in [0.2, 0.25) is 5.88 Å². The van der Waals surface area contributed by atoms with Crippen molar-refractivity contribution < 1.29 is 28.2 Å². The Morgan fingerprint density at radius 2 is 2.22 bits per heavy atom. The normalized spacial score (nSPS) is 17.1. The van der Waals surface area contributed by atoms with E-state index in [4.69, 9.17) is 9.84 Å². The van der Waals surface area contributed by atoms with E-state index in [1.165, 1.54) is 28.0 Å². The molecule has 1 N–H and O–H groups in total. The third-order valence-corrected chi connectivity index (χ3v) is 4.09. The first-order chi connectivity index (χ1) is 13.0. The number of aromatic nitrogens is 4. The van der Waals surface area contributed by atoms with Gasteiger partial charge in [-0.05, 0) is 25.0 Å². The molecule has 144 valence electrons. The van der Waals surface area contributed by atoms with Gasteiger partial charge >= 0.3 is 5.97 Å². The van der Waals surface area contributed by atoms with Gasteiger partial charge in [-0.2, -0.15) is 9.90 Å². The fourth-order valence-corrected chi connectivity index (χ4v) is 2.86. The lowest BCUT2D eigenvalue weighted by molar-refractivity contribution is 0.0626. The summed E-state index contributed by atoms with van der Waals surface area (Å²) >= 11 is 0. The van der Waals surface area contributed by atoms with Gasteiger partial charge in [-0.3, -0.25) is 4.79 Å². The Labute approximate surface area is 152 Å². The first-order valence-corrected chi connectivity index (χ1v) is 8.26. The largest absolute Gasteiger partial charge is 0.476 e. The molecule has 2 aromatic rings. The van der Waals surface area contributed by atoms with Crippen LogP contribution in [0.1, 0.15) is 39.7 Å². The molecule has 1 saturated heterocycles. The van der Waals surface area contributed by atoms with Gasteiger partial charge in [0.15, 0.2) is 12.3 Å². The Morgan fingerprint density at radius 3 is 2.93 bits per heavy atom. The van der Waals surface area contributed by atoms with E-state index in [1.54, 1.807) is 0 Å². The fraction of sp³-hybridized carbons (Fsp3) is 0.438. The van der Waals surface area contributed by atoms with Gasteiger partial charge in [-0.15, -0.1) is 5.10 Å². The van der Waals surface area contributed by atoms with Crippen LogP contribution in [0.2, 0.25) is 0 Å². The first kappa shape index (κ1) is 18.7. The molecule has 0 aliphatic carbocycles. The molecule has 0 spiro atoms. The van der Waals surface area contributed by atoms with Gasteiger partial charge in [0.05, 0.1) is 12.2 Å². The van der Waals surface area contributed by atoms with E-state index in [1.807, 2.05) is 0 Å². The van der Waals surface area contributed by atoms with Crippen molar-refractivity contribution in [3.05, 3.63) is 35.8 Å². The zero-order valence-corrected chi connectivity index (χ0v) is 14.2. The molecule has 0 aromatic carbocycles. The lowest BCUT2D eigenvalue weighted by Gasteiger charge is -2.32. The zero-order valence-electron chi connectivity index (χ0n) is 14.2. The topological polar surface area (TPSA) is 110 Å². The van der Waals surface area contributed by atoms with E-state index in [-0.39, 0.29) is 29.7 Å². The standard InChI is InChI=1S/C16H17F2N5O4/c17-13(18)9-27-14-11(4-1-5-19-14)15(24)22-6-2-3-10(8-22)23-20-7-12(21-23)16(25)26/h1,4-5,7,10,13H,2-3,6,8-9H2,(H,25,26). The number of nitrogens with zero attached hydrogens (tertiary/aromatic N) is 5. The van der Waals surface area contributed by atoms with E-state index >= 15 is 0 Å². The van der Waals surface area contributed by atoms with Crippen LogP contribution >= 0.6 is 0 Å². The molecule has 3 rings (SSSR count). The zero-order chi connectivity index (χ0) is 19.4. The van der Waals surface area contributed by atoms with E-state index in [0.717, 1.165) is 6.20 Å². The summed E-state index contributed by atoms with van der Waals surface area (Å²) in [6, 6.07) is 2.71. The summed E-state index contributed by atoms with van der Waals surface area (Å²) in [7, 11) is 0. The SMILES string of the molecule is O=C(O)c1cnn(C2CCCN(C(=O)c3cccnc3OCC(F)F)C2)n1. The lowest BCUT2D eigenvalue weighted by Crippen LogP contribution is -2.41. The predicted molar refractivity (Wildman–Crippen MR) is 86.9 cm³/mol. The average Bonchev–Trinajstić information content (AvgIpc) is 3.17. The smallest absolute Gasteiger partial charge is 0.358 e. The van der Waals surface area contributed by atoms with Gasteiger partial charge < -0.3 is 14.7 Å². The molecule has 1 atom stereocenters. The number of aromatic carboxylic acids is 1. The third kappa shape index (κ3) is 4.36. The van der Waals surface area contributed by atoms with Gasteiger partial charge in [-0.1, -0.05) is 0 Å². The minimum Gasteiger partial charge on any atom is -0.476 e. The van der Waals surface area contributed by atoms with E-state index < -0.39 is 24.9 Å². The summed E-state index contributed by atoms with van der Waals surface area (Å²) in [6.45, 7) is -0.129. The van der Waals surface area contributed by atoms with Crippen molar-refractivity contribution in [1.82, 2.24) is 24.9 Å². The number of piperidine rings is 1. The molecular formula is C16H17F2N5O4. The molecule has 2 aromatic heterocycles. The fourth-order valence-electron chi connectivity index (χ4n) is 2.86. The molecule has 3 heterocycles. The van der Waals surface area contributed by atoms with Crippen molar-refractivity contribution in [3.8, 4) is 5.88 Å². The monoisotopic (exact) mass is 381 g/mol. The maximum atomic E-state index is 12.8. The number of carboxylic acid groups (broad SMARTS) is 1. The molecule has 0 radical (unpaired) electrons. The Hall–Kier alpha value is -3.11. The number of carbonyl (C=O) groups is 2. The van der Waals surface area contributed by atoms with E-state index in [0.29, 0.717) is 19.4 Å². The van der Waals surface area contributed by atoms with Gasteiger partial charge in [0.25, 0.3) is 12.3 Å². The Morgan fingerprint density at radius 1 is 1.41 bits per heavy atom. The summed E-state index contributed by atoms with van der Waals surface area (Å²) < 4.78 is 29.7. The molecular weight excluding hydrogens is 364 g/mol. The molecule has 0 bridgehead atoms. The van der Waals surface area contributed by atoms with Gasteiger partial charge in [0, 0.05) is 19.3 Å². The second-order valence-corrected chi connectivity index (χ2v) is 5.96. The van der Waals surface area contributed by atoms with Crippen LogP contribution in [0.25, 0.3) is 0 Å². The van der Waals surface area contributed by atoms with Crippen molar-refractivity contribution in [1.29, 1.82) is 0 Å². The number of carboxylic acids is 1. The number of alkyl halides is 2. The molecule has 9 nitrogen and oxygen atoms in total. The number of likely N-dealkylation sites (tertiary alicyclic amines) is 1. The van der Waals surface area contributed by atoms with Gasteiger partial charge in [-0.25, -0.2) is 18.6 Å². The van der Waals surface area contributed by atoms with Crippen LogP contribution in [0.5, 0.6) is 5.88 Å². The van der Waals surface area contributed by atoms with Crippen LogP contribution in [-0.2, 0) is 0 Å². The van der Waals surface area contributed by atoms with Crippen molar-refractivity contribution >= 4 is 11.9 Å². The number of carbonyl (C=O) groups excluding carboxylic acids is 1. The van der Waals surface area contributed by atoms with Crippen LogP contribution in [0.4, 0.5) is 8.78 Å². The highest BCUT2D eigenvalue weighted by atomic mass is 19.3. The number of halogens is 2. The Bertz CT molecular complexity index is 829. The lowest BCUT2D eigenvalue weighted by atomic mass is 10.1. The number of pyridine rings is 1. The first-order valence-electron chi connectivity index (χ1n) is 8.26. The minimum absolute atomic E-state index is 0.0958. The van der Waals surface area contributed by atoms with Crippen LogP contribution in [0, 0.1) is 0 Å². The molecule has 1 unspecified atom stereocenters. The van der Waals surface area contributed by atoms with Crippen molar-refractivity contribution in [2.24, 2.45) is 0 Å². The van der Waals surface area contributed by atoms with Crippen molar-refractivity contribution in [2.75, 3.05) is 19.7 Å². The molecule has 11 heteroatoms. The summed E-state index contributed by atoms with van der Waals surface area (Å²) in [5, 5.41) is 16.8. The highest BCUT2D eigenvalue weighted by Gasteiger charge is 2.29. The molecule has 1 aliphatic heterocycles. The quantitative estimate of drug-likeness (QED) is 0.807. The predicted octanol–water partition coefficient (Wildman–Crippen LogP) is 1.49. The van der Waals surface area contributed by atoms with E-state index in [9.17, 15) is 18.4 Å². The van der Waals surface area contributed by atoms with Crippen LogP contribution < -0.4 is 4.74 Å². The Kier molecular flexibility index (Phi) is 5.57. The number of amides is 1. The summed E-state index contributed by atoms with van der Waals surface area (Å²) in [4.78, 5) is 30.5. The second-order valence-electron chi connectivity index (χ2n) is 5.96. The maximum Gasteiger partial charge on any atom is 0.358 e. The number of ether oxygens (including phenoxy) is 1. The number of rotatable bonds is 6. The van der Waals surface area contributed by atoms with Crippen LogP contribution in [0.15, 0.2) is 24.5 Å². The van der Waals surface area contributed by atoms with E-state index in [2.05, 4.69) is 15.2 Å². The summed E-state index contributed by atoms with van der Waals surface area (Å²) in [6.07, 6.45) is 1.18. The second kappa shape index (κ2) is 8.06. The van der Waals surface area contributed by atoms with Gasteiger partial charge in [0.1, 0.15) is 5.56 Å². The molecule has 1 aliphatic rings. The van der Waals surface area contributed by atoms with Crippen LogP contribution in [-0.4, -0.2) is 68.0 Å². The Balaban J connectivity index is 1.74. The molecule has 1 amide bonds. The summed E-state index contributed by atoms with van der Waals surface area (Å²) in [5.41, 5.74) is -0.0770. The van der Waals surface area contributed by atoms with Crippen LogP contribution in [0.3, 0.4) is 0 Å². The average molecular weight is 381 g/mol. The number of hydrogen-bond donors (Lipinski definition) is 1. The number of hydrogen-bond acceptors (Lipinski definition) is 6. The maximum absolute atomic E-state index is 12.8. The summed E-state index contributed by atoms with van der Waals surface area (Å²) in [5.74, 6) is -1.72. The highest BCUT2D eigenvalue weighted by molar-refractivity contribution is 5.96. The molecule has 27 heavy (non-hydrogen) atoms. The highest BCUT2D eigenvalue weighted by Crippen LogP contribution is 2.24. The molecule has 0 saturated carbocycles. The van der Waals surface area contributed by atoms with Crippen molar-refractivity contribution in [3.63, 3.8) is 0 Å². The minimum atomic E-state index is -2.68. The third-order valence-electron chi connectivity index (χ3n) is 4.09. The van der Waals surface area contributed by atoms with Crippen molar-refractivity contribution in [2.45, 2.75) is 25.3 Å². The molecule has 1 fully saturated rings.